The molecule has 0 unspecified atom stereocenters. The van der Waals surface area contributed by atoms with Gasteiger partial charge in [0, 0.05) is 15.7 Å². The fourth-order valence-electron chi connectivity index (χ4n) is 1.97. The van der Waals surface area contributed by atoms with Gasteiger partial charge in [-0.1, -0.05) is 47.5 Å². The summed E-state index contributed by atoms with van der Waals surface area (Å²) in [5.41, 5.74) is 1.77. The van der Waals surface area contributed by atoms with Crippen LogP contribution in [0.3, 0.4) is 0 Å². The molecule has 1 heterocycles. The number of benzene rings is 2. The highest BCUT2D eigenvalue weighted by molar-refractivity contribution is 6.32. The molecule has 1 amide bonds. The van der Waals surface area contributed by atoms with E-state index in [2.05, 4.69) is 15.6 Å². The number of nitrogens with one attached hydrogen (secondary N) is 2. The van der Waals surface area contributed by atoms with Crippen molar-refractivity contribution in [1.82, 2.24) is 5.32 Å². The molecule has 0 spiro atoms. The Labute approximate surface area is 137 Å². The summed E-state index contributed by atoms with van der Waals surface area (Å²) in [5, 5.41) is 6.82. The molecule has 1 aliphatic rings. The number of hydrogen-bond donors (Lipinski definition) is 2. The van der Waals surface area contributed by atoms with Gasteiger partial charge in [-0.25, -0.2) is 4.99 Å². The highest BCUT2D eigenvalue weighted by atomic mass is 35.5. The Morgan fingerprint density at radius 3 is 2.68 bits per heavy atom. The van der Waals surface area contributed by atoms with Crippen molar-refractivity contribution < 1.29 is 4.79 Å². The molecular weight excluding hydrogens is 321 g/mol. The van der Waals surface area contributed by atoms with E-state index in [1.165, 1.54) is 0 Å². The third-order valence-corrected chi connectivity index (χ3v) is 3.56. The Balaban J connectivity index is 1.84. The van der Waals surface area contributed by atoms with Crippen LogP contribution in [0, 0.1) is 0 Å². The zero-order valence-corrected chi connectivity index (χ0v) is 12.8. The van der Waals surface area contributed by atoms with Crippen molar-refractivity contribution in [3.8, 4) is 0 Å². The first-order valence-electron chi connectivity index (χ1n) is 6.51. The van der Waals surface area contributed by atoms with Gasteiger partial charge in [0.05, 0.1) is 0 Å². The number of aliphatic imine (C=N–C) groups is 1. The maximum Gasteiger partial charge on any atom is 0.276 e. The van der Waals surface area contributed by atoms with Crippen LogP contribution in [-0.2, 0) is 4.79 Å². The smallest absolute Gasteiger partial charge is 0.276 e. The van der Waals surface area contributed by atoms with Gasteiger partial charge in [-0.3, -0.25) is 10.1 Å². The molecule has 4 nitrogen and oxygen atoms in total. The van der Waals surface area contributed by atoms with Crippen LogP contribution in [0.15, 0.2) is 59.2 Å². The zero-order valence-electron chi connectivity index (χ0n) is 11.3. The molecular formula is C16H11Cl2N3O. The van der Waals surface area contributed by atoms with Crippen molar-refractivity contribution in [2.24, 2.45) is 4.99 Å². The second-order valence-electron chi connectivity index (χ2n) is 4.60. The fraction of sp³-hybridized carbons (Fsp3) is 0. The Hall–Kier alpha value is -2.30. The average Bonchev–Trinajstić information content (AvgIpc) is 2.81. The highest BCUT2D eigenvalue weighted by Gasteiger charge is 2.20. The van der Waals surface area contributed by atoms with Crippen molar-refractivity contribution in [3.05, 3.63) is 69.8 Å². The van der Waals surface area contributed by atoms with Crippen LogP contribution in [0.2, 0.25) is 10.0 Å². The van der Waals surface area contributed by atoms with Crippen molar-refractivity contribution in [3.63, 3.8) is 0 Å². The molecule has 0 fully saturated rings. The van der Waals surface area contributed by atoms with Crippen LogP contribution in [0.1, 0.15) is 5.56 Å². The lowest BCUT2D eigenvalue weighted by Crippen LogP contribution is -2.29. The lowest BCUT2D eigenvalue weighted by molar-refractivity contribution is -0.115. The molecule has 6 heteroatoms. The monoisotopic (exact) mass is 331 g/mol. The van der Waals surface area contributed by atoms with E-state index < -0.39 is 0 Å². The number of anilines is 1. The molecule has 0 aromatic heterocycles. The lowest BCUT2D eigenvalue weighted by Gasteiger charge is -2.04. The fourth-order valence-corrected chi connectivity index (χ4v) is 2.35. The van der Waals surface area contributed by atoms with Crippen LogP contribution in [-0.4, -0.2) is 11.9 Å². The summed E-state index contributed by atoms with van der Waals surface area (Å²) in [5.74, 6) is 0.0648. The van der Waals surface area contributed by atoms with Crippen LogP contribution in [0.4, 0.5) is 5.69 Å². The Kier molecular flexibility index (Phi) is 4.13. The van der Waals surface area contributed by atoms with E-state index in [4.69, 9.17) is 23.2 Å². The normalized spacial score (nSPS) is 15.6. The van der Waals surface area contributed by atoms with E-state index in [0.29, 0.717) is 16.0 Å². The Morgan fingerprint density at radius 1 is 1.09 bits per heavy atom. The second-order valence-corrected chi connectivity index (χ2v) is 5.44. The molecule has 2 aromatic rings. The minimum atomic E-state index is -0.288. The summed E-state index contributed by atoms with van der Waals surface area (Å²) >= 11 is 12.0. The predicted molar refractivity (Wildman–Crippen MR) is 90.1 cm³/mol. The summed E-state index contributed by atoms with van der Waals surface area (Å²) in [6.45, 7) is 0. The topological polar surface area (TPSA) is 53.5 Å². The number of carbonyl (C=O) groups excluding carboxylic acids is 1. The summed E-state index contributed by atoms with van der Waals surface area (Å²) in [6, 6.07) is 14.4. The van der Waals surface area contributed by atoms with Crippen LogP contribution in [0.25, 0.3) is 6.08 Å². The largest absolute Gasteiger partial charge is 0.326 e. The third kappa shape index (κ3) is 3.30. The van der Waals surface area contributed by atoms with Gasteiger partial charge < -0.3 is 5.32 Å². The van der Waals surface area contributed by atoms with Gasteiger partial charge in [-0.2, -0.15) is 0 Å². The SMILES string of the molecule is O=C1NC(Nc2cccc(Cl)c2)=N/C1=C/c1ccccc1Cl. The van der Waals surface area contributed by atoms with Crippen LogP contribution >= 0.6 is 23.2 Å². The number of nitrogens with zero attached hydrogens (tertiary/aromatic N) is 1. The summed E-state index contributed by atoms with van der Waals surface area (Å²) in [7, 11) is 0. The van der Waals surface area contributed by atoms with Gasteiger partial charge in [-0.15, -0.1) is 0 Å². The molecule has 0 aliphatic carbocycles. The second kappa shape index (κ2) is 6.22. The first-order chi connectivity index (χ1) is 10.6. The van der Waals surface area contributed by atoms with Gasteiger partial charge in [0.2, 0.25) is 5.96 Å². The number of amides is 1. The Morgan fingerprint density at radius 2 is 1.91 bits per heavy atom. The van der Waals surface area contributed by atoms with Crippen molar-refractivity contribution in [2.45, 2.75) is 0 Å². The van der Waals surface area contributed by atoms with Crippen molar-refractivity contribution >= 4 is 46.8 Å². The minimum absolute atomic E-state index is 0.288. The first-order valence-corrected chi connectivity index (χ1v) is 7.26. The van der Waals surface area contributed by atoms with Gasteiger partial charge in [0.15, 0.2) is 0 Å². The molecule has 22 heavy (non-hydrogen) atoms. The van der Waals surface area contributed by atoms with Crippen molar-refractivity contribution in [2.75, 3.05) is 5.32 Å². The molecule has 2 aromatic carbocycles. The minimum Gasteiger partial charge on any atom is -0.326 e. The lowest BCUT2D eigenvalue weighted by atomic mass is 10.2. The molecule has 0 bridgehead atoms. The van der Waals surface area contributed by atoms with E-state index in [9.17, 15) is 4.79 Å². The number of carbonyl (C=O) groups is 1. The number of guanidine groups is 1. The highest BCUT2D eigenvalue weighted by Crippen LogP contribution is 2.21. The molecule has 1 aliphatic heterocycles. The number of rotatable bonds is 2. The van der Waals surface area contributed by atoms with Crippen molar-refractivity contribution in [1.29, 1.82) is 0 Å². The molecule has 0 saturated carbocycles. The number of hydrogen-bond acceptors (Lipinski definition) is 3. The van der Waals surface area contributed by atoms with E-state index >= 15 is 0 Å². The van der Waals surface area contributed by atoms with Gasteiger partial charge >= 0.3 is 0 Å². The molecule has 2 N–H and O–H groups in total. The first kappa shape index (κ1) is 14.6. The van der Waals surface area contributed by atoms with E-state index in [-0.39, 0.29) is 11.6 Å². The summed E-state index contributed by atoms with van der Waals surface area (Å²) in [6.07, 6.45) is 1.64. The quantitative estimate of drug-likeness (QED) is 0.819. The average molecular weight is 332 g/mol. The van der Waals surface area contributed by atoms with E-state index in [0.717, 1.165) is 11.3 Å². The maximum absolute atomic E-state index is 12.0. The Bertz CT molecular complexity index is 799. The molecule has 0 saturated heterocycles. The summed E-state index contributed by atoms with van der Waals surface area (Å²) < 4.78 is 0. The van der Waals surface area contributed by atoms with E-state index in [1.807, 2.05) is 30.3 Å². The molecule has 0 radical (unpaired) electrons. The molecule has 110 valence electrons. The molecule has 0 atom stereocenters. The zero-order chi connectivity index (χ0) is 15.5. The number of halogens is 2. The maximum atomic E-state index is 12.0. The van der Waals surface area contributed by atoms with Gasteiger partial charge in [-0.05, 0) is 35.9 Å². The van der Waals surface area contributed by atoms with Crippen LogP contribution in [0.5, 0.6) is 0 Å². The molecule has 3 rings (SSSR count). The van der Waals surface area contributed by atoms with Crippen LogP contribution < -0.4 is 10.6 Å². The standard InChI is InChI=1S/C16H11Cl2N3O/c17-11-5-3-6-12(9-11)19-16-20-14(15(22)21-16)8-10-4-1-2-7-13(10)18/h1-9H,(H2,19,20,21,22)/b14-8+. The van der Waals surface area contributed by atoms with Gasteiger partial charge in [0.25, 0.3) is 5.91 Å². The third-order valence-electron chi connectivity index (χ3n) is 2.98. The summed E-state index contributed by atoms with van der Waals surface area (Å²) in [4.78, 5) is 16.2. The van der Waals surface area contributed by atoms with E-state index in [1.54, 1.807) is 24.3 Å². The predicted octanol–water partition coefficient (Wildman–Crippen LogP) is 3.93. The van der Waals surface area contributed by atoms with Gasteiger partial charge in [0.1, 0.15) is 5.70 Å².